The number of carbonyl (C=O) groups excluding carboxylic acids is 1. The van der Waals surface area contributed by atoms with Crippen molar-refractivity contribution in [2.75, 3.05) is 57.1 Å². The number of hydrogen-bond acceptors (Lipinski definition) is 11. The highest BCUT2D eigenvalue weighted by Crippen LogP contribution is 2.35. The fourth-order valence-corrected chi connectivity index (χ4v) is 5.61. The van der Waals surface area contributed by atoms with Crippen molar-refractivity contribution in [1.82, 2.24) is 24.8 Å². The van der Waals surface area contributed by atoms with E-state index in [4.69, 9.17) is 9.47 Å². The van der Waals surface area contributed by atoms with Gasteiger partial charge < -0.3 is 34.6 Å². The number of aromatic nitrogens is 3. The molecule has 2 aliphatic heterocycles. The molecule has 1 aromatic carbocycles. The minimum atomic E-state index is -3.38. The first-order chi connectivity index (χ1) is 21.5. The van der Waals surface area contributed by atoms with E-state index in [1.54, 1.807) is 25.4 Å². The van der Waals surface area contributed by atoms with Gasteiger partial charge >= 0.3 is 5.92 Å². The minimum absolute atomic E-state index is 0.000291. The second-order valence-electron chi connectivity index (χ2n) is 11.3. The molecule has 0 bridgehead atoms. The Hall–Kier alpha value is -4.61. The first-order valence-electron chi connectivity index (χ1n) is 14.6. The Bertz CT molecular complexity index is 1580. The van der Waals surface area contributed by atoms with E-state index in [0.717, 1.165) is 30.2 Å². The van der Waals surface area contributed by atoms with Crippen LogP contribution in [0.4, 0.5) is 26.2 Å². The van der Waals surface area contributed by atoms with Crippen LogP contribution in [0.3, 0.4) is 0 Å². The number of piperazine rings is 1. The third-order valence-corrected chi connectivity index (χ3v) is 7.94. The van der Waals surface area contributed by atoms with E-state index >= 15 is 0 Å². The molecule has 45 heavy (non-hydrogen) atoms. The van der Waals surface area contributed by atoms with Crippen molar-refractivity contribution >= 4 is 23.4 Å². The lowest BCUT2D eigenvalue weighted by atomic mass is 10.0. The predicted octanol–water partition coefficient (Wildman–Crippen LogP) is 3.30. The molecule has 4 heterocycles. The van der Waals surface area contributed by atoms with Gasteiger partial charge in [-0.2, -0.15) is 10.2 Å². The Balaban J connectivity index is 1.30. The maximum atomic E-state index is 14.9. The highest BCUT2D eigenvalue weighted by atomic mass is 19.3. The molecule has 2 aliphatic rings. The quantitative estimate of drug-likeness (QED) is 0.383. The normalized spacial score (nSPS) is 20.7. The van der Waals surface area contributed by atoms with Crippen molar-refractivity contribution in [3.63, 3.8) is 0 Å². The van der Waals surface area contributed by atoms with E-state index in [1.807, 2.05) is 18.2 Å². The number of nitriles is 1. The van der Waals surface area contributed by atoms with Gasteiger partial charge in [-0.15, -0.1) is 0 Å². The molecular formula is C31H36F2N8O4. The summed E-state index contributed by atoms with van der Waals surface area (Å²) in [6, 6.07) is 12.4. The number of amides is 1. The fraction of sp³-hybridized carbons (Fsp3) is 0.452. The van der Waals surface area contributed by atoms with Crippen LogP contribution in [0.5, 0.6) is 11.6 Å². The smallest absolute Gasteiger partial charge is 0.301 e. The molecular weight excluding hydrogens is 586 g/mol. The molecule has 12 nitrogen and oxygen atoms in total. The van der Waals surface area contributed by atoms with E-state index in [9.17, 15) is 23.9 Å². The van der Waals surface area contributed by atoms with Crippen LogP contribution < -0.4 is 19.7 Å². The van der Waals surface area contributed by atoms with E-state index in [-0.39, 0.29) is 30.2 Å². The van der Waals surface area contributed by atoms with Gasteiger partial charge in [0, 0.05) is 50.4 Å². The van der Waals surface area contributed by atoms with Crippen LogP contribution in [0, 0.1) is 11.3 Å². The summed E-state index contributed by atoms with van der Waals surface area (Å²) in [4.78, 5) is 31.0. The number of nitrogens with one attached hydrogen (secondary N) is 1. The second kappa shape index (κ2) is 13.2. The number of carbonyl (C=O) groups is 1. The fourth-order valence-electron chi connectivity index (χ4n) is 5.61. The Morgan fingerprint density at radius 1 is 1.20 bits per heavy atom. The highest BCUT2D eigenvalue weighted by molar-refractivity contribution is 5.80. The lowest BCUT2D eigenvalue weighted by Gasteiger charge is -2.40. The number of rotatable bonds is 8. The Morgan fingerprint density at radius 2 is 2.00 bits per heavy atom. The van der Waals surface area contributed by atoms with Crippen molar-refractivity contribution in [2.24, 2.45) is 0 Å². The molecule has 238 valence electrons. The number of ether oxygens (including phenoxy) is 2. The van der Waals surface area contributed by atoms with Gasteiger partial charge in [0.05, 0.1) is 24.9 Å². The zero-order chi connectivity index (χ0) is 32.3. The number of aliphatic hydroxyl groups is 1. The van der Waals surface area contributed by atoms with Crippen molar-refractivity contribution in [2.45, 2.75) is 44.4 Å². The largest absolute Gasteiger partial charge is 0.483 e. The molecule has 5 rings (SSSR count). The number of hydrogen-bond donors (Lipinski definition) is 2. The molecule has 0 aliphatic carbocycles. The van der Waals surface area contributed by atoms with Crippen molar-refractivity contribution in [3.05, 3.63) is 48.2 Å². The summed E-state index contributed by atoms with van der Waals surface area (Å²) in [5.41, 5.74) is 2.00. The number of methoxy groups -OCH3 is 1. The monoisotopic (exact) mass is 622 g/mol. The molecule has 0 radical (unpaired) electrons. The van der Waals surface area contributed by atoms with Crippen LogP contribution in [0.25, 0.3) is 11.3 Å². The van der Waals surface area contributed by atoms with E-state index in [0.29, 0.717) is 29.0 Å². The summed E-state index contributed by atoms with van der Waals surface area (Å²) >= 11 is 0. The number of likely N-dealkylation sites (N-methyl/N-ethyl adjacent to an activating group) is 1. The number of halogens is 2. The minimum Gasteiger partial charge on any atom is -0.483 e. The summed E-state index contributed by atoms with van der Waals surface area (Å²) in [6.45, 7) is 5.25. The SMILES string of the molecule is COc1nc(Nc2nccc(-c3ccc(OC4CCN(C(=O)[C@H](C)O)CC4(F)F)c(C#N)c3)n2)ccc1N1CCN(C)C[C@H]1C. The number of pyridine rings is 1. The summed E-state index contributed by atoms with van der Waals surface area (Å²) in [6.07, 6.45) is -1.52. The molecule has 2 saturated heterocycles. The maximum Gasteiger partial charge on any atom is 0.301 e. The van der Waals surface area contributed by atoms with Crippen LogP contribution in [0.1, 0.15) is 25.8 Å². The van der Waals surface area contributed by atoms with Crippen molar-refractivity contribution < 1.29 is 28.2 Å². The standard InChI is InChI=1S/C31H36F2N8O4/c1-19-17-39(3)13-14-41(19)24-6-8-27(37-28(24)44-4)38-30-35-11-9-23(36-30)21-5-7-25(22(15-21)16-34)45-26-10-12-40(18-31(26,32)33)29(43)20(2)42/h5-9,11,15,19-20,26,42H,10,12-14,17-18H2,1-4H3,(H,35,36,37,38)/t19-,20+,26?/m1/s1. The van der Waals surface area contributed by atoms with E-state index in [2.05, 4.69) is 44.0 Å². The van der Waals surface area contributed by atoms with Gasteiger partial charge in [0.2, 0.25) is 11.8 Å². The van der Waals surface area contributed by atoms with Gasteiger partial charge in [-0.05, 0) is 57.3 Å². The van der Waals surface area contributed by atoms with Gasteiger partial charge in [-0.25, -0.2) is 18.7 Å². The average molecular weight is 623 g/mol. The topological polar surface area (TPSA) is 140 Å². The number of piperidine rings is 1. The molecule has 1 unspecified atom stereocenters. The molecule has 1 amide bonds. The van der Waals surface area contributed by atoms with Gasteiger partial charge in [-0.1, -0.05) is 0 Å². The number of benzene rings is 1. The Kier molecular flexibility index (Phi) is 9.31. The molecule has 2 fully saturated rings. The summed E-state index contributed by atoms with van der Waals surface area (Å²) in [5, 5.41) is 22.4. The predicted molar refractivity (Wildman–Crippen MR) is 163 cm³/mol. The first kappa shape index (κ1) is 31.8. The molecule has 3 atom stereocenters. The lowest BCUT2D eigenvalue weighted by molar-refractivity contribution is -0.165. The summed E-state index contributed by atoms with van der Waals surface area (Å²) < 4.78 is 41.0. The highest BCUT2D eigenvalue weighted by Gasteiger charge is 2.48. The van der Waals surface area contributed by atoms with Gasteiger partial charge in [-0.3, -0.25) is 4.79 Å². The number of aliphatic hydroxyl groups excluding tert-OH is 1. The maximum absolute atomic E-state index is 14.9. The Morgan fingerprint density at radius 3 is 2.69 bits per heavy atom. The van der Waals surface area contributed by atoms with Crippen LogP contribution in [-0.2, 0) is 4.79 Å². The van der Waals surface area contributed by atoms with E-state index in [1.165, 1.54) is 19.1 Å². The lowest BCUT2D eigenvalue weighted by Crippen LogP contribution is -2.56. The van der Waals surface area contributed by atoms with Gasteiger partial charge in [0.25, 0.3) is 5.91 Å². The van der Waals surface area contributed by atoms with Gasteiger partial charge in [0.15, 0.2) is 6.10 Å². The van der Waals surface area contributed by atoms with Gasteiger partial charge in [0.1, 0.15) is 29.4 Å². The van der Waals surface area contributed by atoms with Crippen molar-refractivity contribution in [3.8, 4) is 29.0 Å². The van der Waals surface area contributed by atoms with E-state index < -0.39 is 30.6 Å². The zero-order valence-corrected chi connectivity index (χ0v) is 25.6. The van der Waals surface area contributed by atoms with Crippen LogP contribution in [0.2, 0.25) is 0 Å². The number of anilines is 3. The molecule has 3 aromatic rings. The van der Waals surface area contributed by atoms with Crippen LogP contribution in [0.15, 0.2) is 42.6 Å². The summed E-state index contributed by atoms with van der Waals surface area (Å²) in [5.74, 6) is -2.91. The summed E-state index contributed by atoms with van der Waals surface area (Å²) in [7, 11) is 3.68. The number of likely N-dealkylation sites (tertiary alicyclic amines) is 1. The molecule has 0 spiro atoms. The molecule has 2 N–H and O–H groups in total. The zero-order valence-electron chi connectivity index (χ0n) is 25.6. The first-order valence-corrected chi connectivity index (χ1v) is 14.6. The average Bonchev–Trinajstić information content (AvgIpc) is 3.02. The van der Waals surface area contributed by atoms with Crippen LogP contribution in [-0.4, -0.2) is 107 Å². The van der Waals surface area contributed by atoms with Crippen molar-refractivity contribution in [1.29, 1.82) is 5.26 Å². The third kappa shape index (κ3) is 7.05. The number of alkyl halides is 2. The Labute approximate surface area is 260 Å². The van der Waals surface area contributed by atoms with Crippen LogP contribution >= 0.6 is 0 Å². The molecule has 14 heteroatoms. The third-order valence-electron chi connectivity index (χ3n) is 7.94. The molecule has 0 saturated carbocycles. The second-order valence-corrected chi connectivity index (χ2v) is 11.3. The number of nitrogens with zero attached hydrogens (tertiary/aromatic N) is 7. The molecule has 2 aromatic heterocycles.